The number of hydrogen-bond donors (Lipinski definition) is 2. The van der Waals surface area contributed by atoms with Gasteiger partial charge in [0.1, 0.15) is 5.56 Å². The molecule has 1 aliphatic rings. The van der Waals surface area contributed by atoms with E-state index in [1.807, 2.05) is 0 Å². The molecule has 0 saturated carbocycles. The van der Waals surface area contributed by atoms with Gasteiger partial charge in [0.2, 0.25) is 6.41 Å². The van der Waals surface area contributed by atoms with Crippen molar-refractivity contribution in [3.05, 3.63) is 90.7 Å². The molecule has 2 aromatic carbocycles. The van der Waals surface area contributed by atoms with E-state index in [0.717, 1.165) is 15.3 Å². The molecule has 32 heavy (non-hydrogen) atoms. The molecule has 1 saturated heterocycles. The van der Waals surface area contributed by atoms with E-state index in [1.165, 1.54) is 0 Å². The average Bonchev–Trinajstić information content (AvgIpc) is 3.20. The number of aromatic carboxylic acids is 1. The van der Waals surface area contributed by atoms with Crippen molar-refractivity contribution < 1.29 is 19.7 Å². The van der Waals surface area contributed by atoms with Crippen molar-refractivity contribution in [2.75, 3.05) is 18.1 Å². The molecular formula is C21H17Cl2N3O6. The molecule has 11 heteroatoms. The normalized spacial score (nSPS) is 15.8. The molecule has 0 amide bonds. The molecule has 1 aromatic heterocycles. The molecule has 0 radical (unpaired) electrons. The van der Waals surface area contributed by atoms with Gasteiger partial charge in [-0.05, 0) is 35.9 Å². The Kier molecular flexibility index (Phi) is 6.07. The summed E-state index contributed by atoms with van der Waals surface area (Å²) in [5.74, 6) is -1.47. The van der Waals surface area contributed by atoms with Crippen molar-refractivity contribution >= 4 is 34.9 Å². The zero-order valence-electron chi connectivity index (χ0n) is 16.4. The molecule has 0 aliphatic carbocycles. The van der Waals surface area contributed by atoms with Crippen LogP contribution in [0.2, 0.25) is 10.0 Å². The van der Waals surface area contributed by atoms with E-state index in [4.69, 9.17) is 27.9 Å². The summed E-state index contributed by atoms with van der Waals surface area (Å²) in [6, 6.07) is 11.2. The fraction of sp³-hybridized carbons (Fsp3) is 0.190. The lowest BCUT2D eigenvalue weighted by atomic mass is 10.2. The lowest BCUT2D eigenvalue weighted by Gasteiger charge is -2.21. The quantitative estimate of drug-likeness (QED) is 0.578. The zero-order valence-corrected chi connectivity index (χ0v) is 18.0. The number of aliphatic hydroxyl groups is 1. The van der Waals surface area contributed by atoms with E-state index in [0.29, 0.717) is 30.1 Å². The van der Waals surface area contributed by atoms with Crippen LogP contribution in [0.5, 0.6) is 0 Å². The lowest BCUT2D eigenvalue weighted by Crippen LogP contribution is -2.42. The number of rotatable bonds is 5. The summed E-state index contributed by atoms with van der Waals surface area (Å²) >= 11 is 12.2. The second-order valence-corrected chi connectivity index (χ2v) is 7.80. The summed E-state index contributed by atoms with van der Waals surface area (Å²) in [6.45, 7) is 0.615. The van der Waals surface area contributed by atoms with Crippen molar-refractivity contribution in [1.82, 2.24) is 9.13 Å². The maximum atomic E-state index is 13.1. The highest BCUT2D eigenvalue weighted by Gasteiger charge is 2.23. The summed E-state index contributed by atoms with van der Waals surface area (Å²) in [7, 11) is 0. The molecule has 2 N–H and O–H groups in total. The Balaban J connectivity index is 1.81. The standard InChI is InChI=1S/C21H17Cl2N3O6/c22-16-3-1-2-12(17(16)23)10-26-18(27)15(19(28)29)11-25(20(26)30)14-6-4-13(5-7-14)24-8-9-32-21(24)31/h1-7,11,21,31H,8-10H2,(H,28,29). The molecule has 9 nitrogen and oxygen atoms in total. The van der Waals surface area contributed by atoms with Crippen molar-refractivity contribution in [1.29, 1.82) is 0 Å². The number of carbonyl (C=O) groups is 1. The maximum absolute atomic E-state index is 13.1. The summed E-state index contributed by atoms with van der Waals surface area (Å²) in [5, 5.41) is 19.8. The van der Waals surface area contributed by atoms with Crippen LogP contribution in [0, 0.1) is 0 Å². The average molecular weight is 478 g/mol. The first kappa shape index (κ1) is 22.1. The topological polar surface area (TPSA) is 114 Å². The Morgan fingerprint density at radius 1 is 1.09 bits per heavy atom. The Labute approximate surface area is 191 Å². The van der Waals surface area contributed by atoms with Crippen molar-refractivity contribution in [2.45, 2.75) is 13.0 Å². The number of carboxylic acids is 1. The van der Waals surface area contributed by atoms with E-state index < -0.39 is 29.2 Å². The van der Waals surface area contributed by atoms with Crippen LogP contribution >= 0.6 is 23.2 Å². The molecule has 1 atom stereocenters. The third-order valence-electron chi connectivity index (χ3n) is 5.09. The van der Waals surface area contributed by atoms with Gasteiger partial charge in [-0.2, -0.15) is 0 Å². The molecule has 4 rings (SSSR count). The van der Waals surface area contributed by atoms with Crippen LogP contribution in [0.4, 0.5) is 5.69 Å². The SMILES string of the molecule is O=C(O)c1cn(-c2ccc(N3CCOC3O)cc2)c(=O)n(Cc2cccc(Cl)c2Cl)c1=O. The van der Waals surface area contributed by atoms with Gasteiger partial charge in [0, 0.05) is 18.4 Å². The fourth-order valence-electron chi connectivity index (χ4n) is 3.43. The van der Waals surface area contributed by atoms with Crippen LogP contribution < -0.4 is 16.1 Å². The van der Waals surface area contributed by atoms with Gasteiger partial charge in [0.05, 0.1) is 28.9 Å². The fourth-order valence-corrected chi connectivity index (χ4v) is 3.81. The van der Waals surface area contributed by atoms with Crippen LogP contribution in [0.1, 0.15) is 15.9 Å². The molecule has 2 heterocycles. The molecule has 1 fully saturated rings. The minimum Gasteiger partial charge on any atom is -0.477 e. The monoisotopic (exact) mass is 477 g/mol. The summed E-state index contributed by atoms with van der Waals surface area (Å²) < 4.78 is 6.97. The molecule has 166 valence electrons. The number of aromatic nitrogens is 2. The number of nitrogens with zero attached hydrogens (tertiary/aromatic N) is 3. The van der Waals surface area contributed by atoms with Gasteiger partial charge < -0.3 is 19.8 Å². The third kappa shape index (κ3) is 4.03. The maximum Gasteiger partial charge on any atom is 0.342 e. The predicted octanol–water partition coefficient (Wildman–Crippen LogP) is 2.17. The summed E-state index contributed by atoms with van der Waals surface area (Å²) in [4.78, 5) is 39.2. The van der Waals surface area contributed by atoms with Gasteiger partial charge >= 0.3 is 11.7 Å². The number of carboxylic acid groups (broad SMARTS) is 1. The van der Waals surface area contributed by atoms with E-state index in [-0.39, 0.29) is 16.6 Å². The lowest BCUT2D eigenvalue weighted by molar-refractivity contribution is -0.0573. The molecule has 1 unspecified atom stereocenters. The van der Waals surface area contributed by atoms with Crippen LogP contribution in [-0.4, -0.2) is 44.9 Å². The van der Waals surface area contributed by atoms with Gasteiger partial charge in [-0.15, -0.1) is 0 Å². The highest BCUT2D eigenvalue weighted by Crippen LogP contribution is 2.26. The van der Waals surface area contributed by atoms with E-state index in [1.54, 1.807) is 47.4 Å². The Bertz CT molecular complexity index is 1300. The third-order valence-corrected chi connectivity index (χ3v) is 5.94. The number of halogens is 2. The van der Waals surface area contributed by atoms with Crippen molar-refractivity contribution in [3.8, 4) is 5.69 Å². The largest absolute Gasteiger partial charge is 0.477 e. The number of anilines is 1. The number of hydrogen-bond acceptors (Lipinski definition) is 6. The molecule has 1 aliphatic heterocycles. The van der Waals surface area contributed by atoms with Gasteiger partial charge in [-0.1, -0.05) is 35.3 Å². The van der Waals surface area contributed by atoms with Crippen molar-refractivity contribution in [3.63, 3.8) is 0 Å². The first-order valence-corrected chi connectivity index (χ1v) is 10.2. The molecule has 3 aromatic rings. The zero-order chi connectivity index (χ0) is 23.0. The highest BCUT2D eigenvalue weighted by molar-refractivity contribution is 6.42. The van der Waals surface area contributed by atoms with Gasteiger partial charge in [-0.3, -0.25) is 13.9 Å². The van der Waals surface area contributed by atoms with E-state index in [9.17, 15) is 24.6 Å². The minimum atomic E-state index is -1.47. The van der Waals surface area contributed by atoms with Crippen molar-refractivity contribution in [2.24, 2.45) is 0 Å². The molecule has 0 bridgehead atoms. The minimum absolute atomic E-state index is 0.170. The Hall–Kier alpha value is -3.11. The van der Waals surface area contributed by atoms with Crippen LogP contribution in [0.3, 0.4) is 0 Å². The predicted molar refractivity (Wildman–Crippen MR) is 118 cm³/mol. The van der Waals surface area contributed by atoms with Gasteiger partial charge in [0.15, 0.2) is 0 Å². The molecular weight excluding hydrogens is 461 g/mol. The van der Waals surface area contributed by atoms with Crippen LogP contribution in [0.25, 0.3) is 5.69 Å². The second-order valence-electron chi connectivity index (χ2n) is 7.01. The Morgan fingerprint density at radius 2 is 1.78 bits per heavy atom. The highest BCUT2D eigenvalue weighted by atomic mass is 35.5. The van der Waals surface area contributed by atoms with Gasteiger partial charge in [-0.25, -0.2) is 9.59 Å². The van der Waals surface area contributed by atoms with Gasteiger partial charge in [0.25, 0.3) is 5.56 Å². The van der Waals surface area contributed by atoms with E-state index >= 15 is 0 Å². The molecule has 0 spiro atoms. The number of ether oxygens (including phenoxy) is 1. The first-order valence-electron chi connectivity index (χ1n) is 9.47. The van der Waals surface area contributed by atoms with E-state index in [2.05, 4.69) is 0 Å². The summed E-state index contributed by atoms with van der Waals surface area (Å²) in [5.41, 5.74) is -0.885. The Morgan fingerprint density at radius 3 is 2.41 bits per heavy atom. The summed E-state index contributed by atoms with van der Waals surface area (Å²) in [6.07, 6.45) is -0.0714. The number of aliphatic hydroxyl groups excluding tert-OH is 1. The second kappa shape index (κ2) is 8.79. The number of benzene rings is 2. The van der Waals surface area contributed by atoms with Crippen LogP contribution in [0.15, 0.2) is 58.3 Å². The smallest absolute Gasteiger partial charge is 0.342 e. The van der Waals surface area contributed by atoms with Crippen LogP contribution in [-0.2, 0) is 11.3 Å². The first-order chi connectivity index (χ1) is 15.3.